The van der Waals surface area contributed by atoms with Crippen LogP contribution in [0.25, 0.3) is 0 Å². The molecule has 0 bridgehead atoms. The molecule has 2 atom stereocenters. The molecule has 3 nitrogen and oxygen atoms in total. The molecule has 0 spiro atoms. The van der Waals surface area contributed by atoms with Crippen molar-refractivity contribution in [2.45, 2.75) is 52.5 Å². The average Bonchev–Trinajstić information content (AvgIpc) is 2.44. The van der Waals surface area contributed by atoms with Crippen LogP contribution in [0.2, 0.25) is 0 Å². The van der Waals surface area contributed by atoms with Crippen LogP contribution in [0, 0.1) is 12.8 Å². The number of nitrogens with zero attached hydrogens (tertiary/aromatic N) is 1. The molecule has 0 radical (unpaired) electrons. The zero-order chi connectivity index (χ0) is 16.2. The Morgan fingerprint density at radius 1 is 1.27 bits per heavy atom. The molecule has 0 saturated carbocycles. The Labute approximate surface area is 141 Å². The second-order valence-electron chi connectivity index (χ2n) is 6.86. The maximum absolute atomic E-state index is 12.4. The first kappa shape index (κ1) is 20.9. The van der Waals surface area contributed by atoms with Gasteiger partial charge in [-0.3, -0.25) is 4.79 Å². The maximum Gasteiger partial charge on any atom is 0.239 e. The van der Waals surface area contributed by atoms with Crippen LogP contribution in [-0.4, -0.2) is 30.4 Å². The Bertz CT molecular complexity index is 470. The van der Waals surface area contributed by atoms with Crippen LogP contribution in [0.15, 0.2) is 24.3 Å². The van der Waals surface area contributed by atoms with E-state index < -0.39 is 6.04 Å². The summed E-state index contributed by atoms with van der Waals surface area (Å²) in [5.41, 5.74) is 8.46. The first-order valence-corrected chi connectivity index (χ1v) is 7.76. The van der Waals surface area contributed by atoms with E-state index in [0.29, 0.717) is 6.54 Å². The van der Waals surface area contributed by atoms with E-state index in [-0.39, 0.29) is 29.6 Å². The molecular formula is C18H31ClN2O. The van der Waals surface area contributed by atoms with Crippen LogP contribution in [0.4, 0.5) is 0 Å². The van der Waals surface area contributed by atoms with Crippen LogP contribution in [0.5, 0.6) is 0 Å². The van der Waals surface area contributed by atoms with Gasteiger partial charge >= 0.3 is 0 Å². The highest BCUT2D eigenvalue weighted by molar-refractivity contribution is 5.85. The number of carbonyl (C=O) groups excluding carboxylic acids is 1. The summed E-state index contributed by atoms with van der Waals surface area (Å²) in [4.78, 5) is 14.2. The number of likely N-dealkylation sites (N-methyl/N-ethyl adjacent to an activating group) is 1. The SMILES string of the molecule is CCC(C)C(N)C(=O)N(C)CC(C)(C)c1ccc(C)cc1.Cl. The molecule has 1 rings (SSSR count). The van der Waals surface area contributed by atoms with Gasteiger partial charge in [0.1, 0.15) is 0 Å². The molecule has 4 heteroatoms. The van der Waals surface area contributed by atoms with Gasteiger partial charge in [0.15, 0.2) is 0 Å². The average molecular weight is 327 g/mol. The van der Waals surface area contributed by atoms with E-state index in [1.807, 2.05) is 14.0 Å². The maximum atomic E-state index is 12.4. The summed E-state index contributed by atoms with van der Waals surface area (Å²) in [5.74, 6) is 0.243. The van der Waals surface area contributed by atoms with Crippen molar-refractivity contribution in [3.8, 4) is 0 Å². The summed E-state index contributed by atoms with van der Waals surface area (Å²) < 4.78 is 0. The van der Waals surface area contributed by atoms with Crippen molar-refractivity contribution in [1.82, 2.24) is 4.90 Å². The second kappa shape index (κ2) is 8.54. The van der Waals surface area contributed by atoms with Gasteiger partial charge in [0.2, 0.25) is 5.91 Å². The first-order valence-electron chi connectivity index (χ1n) is 7.76. The van der Waals surface area contributed by atoms with Gasteiger partial charge in [-0.2, -0.15) is 0 Å². The lowest BCUT2D eigenvalue weighted by Crippen LogP contribution is -2.48. The quantitative estimate of drug-likeness (QED) is 0.869. The van der Waals surface area contributed by atoms with Crippen LogP contribution in [-0.2, 0) is 10.2 Å². The van der Waals surface area contributed by atoms with E-state index in [9.17, 15) is 4.79 Å². The largest absolute Gasteiger partial charge is 0.344 e. The van der Waals surface area contributed by atoms with E-state index >= 15 is 0 Å². The standard InChI is InChI=1S/C18H30N2O.ClH/c1-7-14(3)16(19)17(21)20(6)12-18(4,5)15-10-8-13(2)9-11-15;/h8-11,14,16H,7,12,19H2,1-6H3;1H. The molecule has 1 aromatic carbocycles. The third-order valence-corrected chi connectivity index (χ3v) is 4.38. The van der Waals surface area contributed by atoms with Crippen molar-refractivity contribution in [1.29, 1.82) is 0 Å². The number of carbonyl (C=O) groups is 1. The monoisotopic (exact) mass is 326 g/mol. The molecule has 2 N–H and O–H groups in total. The minimum absolute atomic E-state index is 0. The van der Waals surface area contributed by atoms with Gasteiger partial charge in [-0.1, -0.05) is 63.9 Å². The fourth-order valence-corrected chi connectivity index (χ4v) is 2.52. The van der Waals surface area contributed by atoms with Crippen LogP contribution >= 0.6 is 12.4 Å². The van der Waals surface area contributed by atoms with Crippen LogP contribution in [0.3, 0.4) is 0 Å². The summed E-state index contributed by atoms with van der Waals surface area (Å²) in [7, 11) is 1.85. The number of halogens is 1. The first-order chi connectivity index (χ1) is 9.69. The number of nitrogens with two attached hydrogens (primary N) is 1. The van der Waals surface area contributed by atoms with E-state index in [2.05, 4.69) is 52.0 Å². The molecule has 1 aromatic rings. The number of amides is 1. The smallest absolute Gasteiger partial charge is 0.239 e. The fraction of sp³-hybridized carbons (Fsp3) is 0.611. The predicted molar refractivity (Wildman–Crippen MR) is 96.5 cm³/mol. The van der Waals surface area contributed by atoms with Crippen molar-refractivity contribution >= 4 is 18.3 Å². The Balaban J connectivity index is 0.00000441. The lowest BCUT2D eigenvalue weighted by atomic mass is 9.83. The van der Waals surface area contributed by atoms with Gasteiger partial charge in [-0.25, -0.2) is 0 Å². The number of aryl methyl sites for hydroxylation is 1. The molecule has 1 amide bonds. The molecule has 22 heavy (non-hydrogen) atoms. The predicted octanol–water partition coefficient (Wildman–Crippen LogP) is 3.53. The van der Waals surface area contributed by atoms with Gasteiger partial charge in [-0.15, -0.1) is 12.4 Å². The summed E-state index contributed by atoms with van der Waals surface area (Å²) in [6, 6.07) is 8.10. The summed E-state index contributed by atoms with van der Waals surface area (Å²) in [6.45, 7) is 11.2. The topological polar surface area (TPSA) is 46.3 Å². The van der Waals surface area contributed by atoms with Crippen LogP contribution < -0.4 is 5.73 Å². The molecule has 0 aliphatic rings. The molecule has 126 valence electrons. The van der Waals surface area contributed by atoms with E-state index in [4.69, 9.17) is 5.73 Å². The van der Waals surface area contributed by atoms with Gasteiger partial charge in [-0.05, 0) is 18.4 Å². The Morgan fingerprint density at radius 3 is 2.23 bits per heavy atom. The fourth-order valence-electron chi connectivity index (χ4n) is 2.52. The molecule has 2 unspecified atom stereocenters. The van der Waals surface area contributed by atoms with Crippen LogP contribution in [0.1, 0.15) is 45.2 Å². The van der Waals surface area contributed by atoms with Gasteiger partial charge < -0.3 is 10.6 Å². The van der Waals surface area contributed by atoms with Crippen molar-refractivity contribution < 1.29 is 4.79 Å². The molecule has 0 fully saturated rings. The number of hydrogen-bond donors (Lipinski definition) is 1. The highest BCUT2D eigenvalue weighted by Gasteiger charge is 2.28. The zero-order valence-corrected chi connectivity index (χ0v) is 15.5. The number of rotatable bonds is 6. The van der Waals surface area contributed by atoms with Gasteiger partial charge in [0.05, 0.1) is 6.04 Å². The molecule has 0 aromatic heterocycles. The minimum Gasteiger partial charge on any atom is -0.344 e. The van der Waals surface area contributed by atoms with E-state index in [1.54, 1.807) is 4.90 Å². The Morgan fingerprint density at radius 2 is 1.77 bits per heavy atom. The third kappa shape index (κ3) is 5.29. The van der Waals surface area contributed by atoms with Crippen molar-refractivity contribution in [2.24, 2.45) is 11.7 Å². The van der Waals surface area contributed by atoms with Crippen molar-refractivity contribution in [3.05, 3.63) is 35.4 Å². The normalized spacial score (nSPS) is 14.0. The Kier molecular flexibility index (Phi) is 8.13. The molecule has 0 aliphatic carbocycles. The van der Waals surface area contributed by atoms with Gasteiger partial charge in [0.25, 0.3) is 0 Å². The zero-order valence-electron chi connectivity index (χ0n) is 14.7. The summed E-state index contributed by atoms with van der Waals surface area (Å²) >= 11 is 0. The van der Waals surface area contributed by atoms with Crippen molar-refractivity contribution in [3.63, 3.8) is 0 Å². The highest BCUT2D eigenvalue weighted by atomic mass is 35.5. The molecule has 0 aliphatic heterocycles. The summed E-state index contributed by atoms with van der Waals surface area (Å²) in [6.07, 6.45) is 0.919. The van der Waals surface area contributed by atoms with Gasteiger partial charge in [0, 0.05) is 19.0 Å². The second-order valence-corrected chi connectivity index (χ2v) is 6.86. The number of hydrogen-bond acceptors (Lipinski definition) is 2. The molecule has 0 heterocycles. The van der Waals surface area contributed by atoms with Crippen molar-refractivity contribution in [2.75, 3.05) is 13.6 Å². The minimum atomic E-state index is -0.409. The summed E-state index contributed by atoms with van der Waals surface area (Å²) in [5, 5.41) is 0. The lowest BCUT2D eigenvalue weighted by Gasteiger charge is -2.33. The molecule has 0 saturated heterocycles. The molecular weight excluding hydrogens is 296 g/mol. The number of benzene rings is 1. The van der Waals surface area contributed by atoms with E-state index in [1.165, 1.54) is 11.1 Å². The highest BCUT2D eigenvalue weighted by Crippen LogP contribution is 2.25. The lowest BCUT2D eigenvalue weighted by molar-refractivity contribution is -0.133. The Hall–Kier alpha value is -1.06. The van der Waals surface area contributed by atoms with E-state index in [0.717, 1.165) is 6.42 Å². The third-order valence-electron chi connectivity index (χ3n) is 4.38.